The van der Waals surface area contributed by atoms with Crippen LogP contribution in [-0.2, 0) is 0 Å². The second-order valence-corrected chi connectivity index (χ2v) is 5.37. The van der Waals surface area contributed by atoms with E-state index in [1.165, 1.54) is 51.9 Å². The van der Waals surface area contributed by atoms with Gasteiger partial charge in [0.1, 0.15) is 0 Å². The van der Waals surface area contributed by atoms with E-state index in [0.29, 0.717) is 5.54 Å². The molecule has 1 aliphatic carbocycles. The molecule has 0 radical (unpaired) electrons. The normalized spacial score (nSPS) is 35.6. The van der Waals surface area contributed by atoms with Crippen molar-refractivity contribution in [2.75, 3.05) is 26.2 Å². The Morgan fingerprint density at radius 2 is 2.21 bits per heavy atom. The van der Waals surface area contributed by atoms with Gasteiger partial charge in [0.15, 0.2) is 0 Å². The van der Waals surface area contributed by atoms with Crippen molar-refractivity contribution in [1.29, 1.82) is 0 Å². The van der Waals surface area contributed by atoms with Crippen molar-refractivity contribution in [1.82, 2.24) is 10.2 Å². The van der Waals surface area contributed by atoms with Crippen LogP contribution in [0, 0.1) is 5.92 Å². The molecule has 1 atom stereocenters. The van der Waals surface area contributed by atoms with E-state index in [2.05, 4.69) is 24.1 Å². The lowest BCUT2D eigenvalue weighted by molar-refractivity contribution is 0.208. The van der Waals surface area contributed by atoms with Gasteiger partial charge in [-0.05, 0) is 51.6 Å². The summed E-state index contributed by atoms with van der Waals surface area (Å²) in [5.74, 6) is 1.04. The van der Waals surface area contributed by atoms with Gasteiger partial charge in [0.2, 0.25) is 0 Å². The molecule has 2 aliphatic rings. The number of nitrogens with one attached hydrogen (secondary N) is 1. The van der Waals surface area contributed by atoms with Crippen LogP contribution in [0.1, 0.15) is 39.5 Å². The minimum atomic E-state index is 0.366. The van der Waals surface area contributed by atoms with Gasteiger partial charge in [0.25, 0.3) is 0 Å². The van der Waals surface area contributed by atoms with Crippen molar-refractivity contribution >= 4 is 0 Å². The highest BCUT2D eigenvalue weighted by molar-refractivity contribution is 4.89. The third-order valence-corrected chi connectivity index (χ3v) is 3.77. The average Bonchev–Trinajstić information content (AvgIpc) is 2.96. The van der Waals surface area contributed by atoms with E-state index in [1.807, 2.05) is 0 Å². The van der Waals surface area contributed by atoms with Crippen LogP contribution < -0.4 is 5.32 Å². The van der Waals surface area contributed by atoms with E-state index in [-0.39, 0.29) is 0 Å². The lowest BCUT2D eigenvalue weighted by Crippen LogP contribution is -2.48. The van der Waals surface area contributed by atoms with Crippen LogP contribution in [0.15, 0.2) is 0 Å². The zero-order chi connectivity index (χ0) is 10.0. The molecular weight excluding hydrogens is 172 g/mol. The maximum Gasteiger partial charge on any atom is 0.0277 e. The van der Waals surface area contributed by atoms with Crippen LogP contribution in [-0.4, -0.2) is 36.6 Å². The fourth-order valence-electron chi connectivity index (χ4n) is 2.38. The van der Waals surface area contributed by atoms with Gasteiger partial charge >= 0.3 is 0 Å². The molecule has 2 heteroatoms. The topological polar surface area (TPSA) is 15.3 Å². The Labute approximate surface area is 88.1 Å². The molecule has 0 aromatic carbocycles. The molecule has 82 valence electrons. The van der Waals surface area contributed by atoms with Crippen molar-refractivity contribution in [3.8, 4) is 0 Å². The van der Waals surface area contributed by atoms with Gasteiger partial charge in [-0.1, -0.05) is 6.92 Å². The predicted molar refractivity (Wildman–Crippen MR) is 60.5 cm³/mol. The molecule has 0 bridgehead atoms. The lowest BCUT2D eigenvalue weighted by atomic mass is 9.98. The summed E-state index contributed by atoms with van der Waals surface area (Å²) in [6.45, 7) is 9.79. The van der Waals surface area contributed by atoms with E-state index in [1.54, 1.807) is 0 Å². The minimum Gasteiger partial charge on any atom is -0.310 e. The maximum atomic E-state index is 3.69. The summed E-state index contributed by atoms with van der Waals surface area (Å²) in [7, 11) is 0. The molecule has 1 aliphatic heterocycles. The van der Waals surface area contributed by atoms with Gasteiger partial charge in [-0.2, -0.15) is 0 Å². The van der Waals surface area contributed by atoms with Crippen molar-refractivity contribution in [3.05, 3.63) is 0 Å². The SMILES string of the molecule is CCC1(C)CN(CC2CC2)CCCN1. The zero-order valence-electron chi connectivity index (χ0n) is 9.68. The van der Waals surface area contributed by atoms with E-state index in [9.17, 15) is 0 Å². The highest BCUT2D eigenvalue weighted by atomic mass is 15.2. The van der Waals surface area contributed by atoms with E-state index in [4.69, 9.17) is 0 Å². The Balaban J connectivity index is 1.88. The molecule has 0 amide bonds. The van der Waals surface area contributed by atoms with Crippen LogP contribution >= 0.6 is 0 Å². The monoisotopic (exact) mass is 196 g/mol. The fraction of sp³-hybridized carbons (Fsp3) is 1.00. The highest BCUT2D eigenvalue weighted by Gasteiger charge is 2.30. The molecule has 14 heavy (non-hydrogen) atoms. The maximum absolute atomic E-state index is 3.69. The van der Waals surface area contributed by atoms with Crippen molar-refractivity contribution in [3.63, 3.8) is 0 Å². The quantitative estimate of drug-likeness (QED) is 0.741. The van der Waals surface area contributed by atoms with Gasteiger partial charge in [-0.15, -0.1) is 0 Å². The Bertz CT molecular complexity index is 189. The highest BCUT2D eigenvalue weighted by Crippen LogP contribution is 2.30. The first kappa shape index (κ1) is 10.4. The minimum absolute atomic E-state index is 0.366. The molecular formula is C12H24N2. The molecule has 2 fully saturated rings. The smallest absolute Gasteiger partial charge is 0.0277 e. The van der Waals surface area contributed by atoms with Crippen LogP contribution in [0.5, 0.6) is 0 Å². The Kier molecular flexibility index (Phi) is 3.13. The third-order valence-electron chi connectivity index (χ3n) is 3.77. The first-order valence-corrected chi connectivity index (χ1v) is 6.19. The summed E-state index contributed by atoms with van der Waals surface area (Å²) in [4.78, 5) is 2.68. The van der Waals surface area contributed by atoms with Gasteiger partial charge in [0, 0.05) is 18.6 Å². The molecule has 0 aromatic heterocycles. The number of nitrogens with zero attached hydrogens (tertiary/aromatic N) is 1. The van der Waals surface area contributed by atoms with Crippen LogP contribution in [0.25, 0.3) is 0 Å². The van der Waals surface area contributed by atoms with Crippen molar-refractivity contribution < 1.29 is 0 Å². The molecule has 1 saturated heterocycles. The second-order valence-electron chi connectivity index (χ2n) is 5.37. The summed E-state index contributed by atoms with van der Waals surface area (Å²) in [6, 6.07) is 0. The van der Waals surface area contributed by atoms with Gasteiger partial charge < -0.3 is 10.2 Å². The molecule has 0 spiro atoms. The molecule has 1 unspecified atom stereocenters. The first-order valence-electron chi connectivity index (χ1n) is 6.19. The fourth-order valence-corrected chi connectivity index (χ4v) is 2.38. The third kappa shape index (κ3) is 2.71. The van der Waals surface area contributed by atoms with E-state index in [0.717, 1.165) is 5.92 Å². The van der Waals surface area contributed by atoms with Crippen molar-refractivity contribution in [2.45, 2.75) is 45.1 Å². The van der Waals surface area contributed by atoms with Crippen LogP contribution in [0.2, 0.25) is 0 Å². The molecule has 2 rings (SSSR count). The number of rotatable bonds is 3. The molecule has 1 heterocycles. The average molecular weight is 196 g/mol. The standard InChI is InChI=1S/C12H24N2/c1-3-12(2)10-14(8-4-7-13-12)9-11-5-6-11/h11,13H,3-10H2,1-2H3. The number of hydrogen-bond donors (Lipinski definition) is 1. The van der Waals surface area contributed by atoms with E-state index < -0.39 is 0 Å². The number of hydrogen-bond acceptors (Lipinski definition) is 2. The largest absolute Gasteiger partial charge is 0.310 e. The second kappa shape index (κ2) is 4.19. The Morgan fingerprint density at radius 1 is 1.43 bits per heavy atom. The summed E-state index contributed by atoms with van der Waals surface area (Å²) >= 11 is 0. The molecule has 1 N–H and O–H groups in total. The first-order chi connectivity index (χ1) is 6.72. The van der Waals surface area contributed by atoms with Gasteiger partial charge in [-0.25, -0.2) is 0 Å². The summed E-state index contributed by atoms with van der Waals surface area (Å²) in [5.41, 5.74) is 0.366. The van der Waals surface area contributed by atoms with Gasteiger partial charge in [0.05, 0.1) is 0 Å². The zero-order valence-corrected chi connectivity index (χ0v) is 9.68. The van der Waals surface area contributed by atoms with Crippen LogP contribution in [0.3, 0.4) is 0 Å². The van der Waals surface area contributed by atoms with Gasteiger partial charge in [-0.3, -0.25) is 0 Å². The molecule has 1 saturated carbocycles. The summed E-state index contributed by atoms with van der Waals surface area (Å²) < 4.78 is 0. The Morgan fingerprint density at radius 3 is 2.86 bits per heavy atom. The molecule has 2 nitrogen and oxygen atoms in total. The van der Waals surface area contributed by atoms with Crippen molar-refractivity contribution in [2.24, 2.45) is 5.92 Å². The molecule has 0 aromatic rings. The van der Waals surface area contributed by atoms with E-state index >= 15 is 0 Å². The predicted octanol–water partition coefficient (Wildman–Crippen LogP) is 1.86. The summed E-state index contributed by atoms with van der Waals surface area (Å²) in [5, 5.41) is 3.69. The Hall–Kier alpha value is -0.0800. The lowest BCUT2D eigenvalue weighted by Gasteiger charge is -2.32. The van der Waals surface area contributed by atoms with Crippen LogP contribution in [0.4, 0.5) is 0 Å². The summed E-state index contributed by atoms with van der Waals surface area (Å²) in [6.07, 6.45) is 5.52.